The van der Waals surface area contributed by atoms with E-state index in [0.29, 0.717) is 27.2 Å². The number of anilines is 1. The maximum absolute atomic E-state index is 13.0. The zero-order chi connectivity index (χ0) is 23.1. The highest BCUT2D eigenvalue weighted by Gasteiger charge is 2.14. The van der Waals surface area contributed by atoms with Crippen molar-refractivity contribution in [3.63, 3.8) is 0 Å². The van der Waals surface area contributed by atoms with E-state index in [9.17, 15) is 14.4 Å². The van der Waals surface area contributed by atoms with Crippen LogP contribution in [0.3, 0.4) is 0 Å². The Morgan fingerprint density at radius 3 is 2.47 bits per heavy atom. The summed E-state index contributed by atoms with van der Waals surface area (Å²) < 4.78 is 24.6. The number of ether oxygens (including phenoxy) is 2. The molecule has 0 aliphatic heterocycles. The van der Waals surface area contributed by atoms with Gasteiger partial charge in [-0.1, -0.05) is 29.8 Å². The van der Waals surface area contributed by atoms with Crippen LogP contribution in [-0.2, 0) is 4.79 Å². The third-order valence-electron chi connectivity index (χ3n) is 4.52. The Labute approximate surface area is 194 Å². The maximum atomic E-state index is 13.0. The molecule has 7 heteroatoms. The summed E-state index contributed by atoms with van der Waals surface area (Å²) in [4.78, 5) is 12.2. The summed E-state index contributed by atoms with van der Waals surface area (Å²) in [6.07, 6.45) is 1.75. The molecule has 5 nitrogen and oxygen atoms in total. The summed E-state index contributed by atoms with van der Waals surface area (Å²) in [5.74, 6) is -0.0289. The molecule has 3 aromatic carbocycles. The van der Waals surface area contributed by atoms with E-state index in [-0.39, 0.29) is 12.4 Å². The Bertz CT molecular complexity index is 1180. The summed E-state index contributed by atoms with van der Waals surface area (Å²) in [6.45, 7) is 1.72. The smallest absolute Gasteiger partial charge is 0.262 e. The Kier molecular flexibility index (Phi) is 7.63. The minimum atomic E-state index is -0.402. The van der Waals surface area contributed by atoms with Crippen molar-refractivity contribution in [3.05, 3.63) is 87.6 Å². The predicted octanol–water partition coefficient (Wildman–Crippen LogP) is 5.99. The van der Waals surface area contributed by atoms with E-state index in [0.717, 1.165) is 16.7 Å². The number of rotatable bonds is 7. The van der Waals surface area contributed by atoms with E-state index in [1.165, 1.54) is 31.4 Å². The highest BCUT2D eigenvalue weighted by atomic mass is 79.9. The van der Waals surface area contributed by atoms with Crippen LogP contribution in [0.2, 0.25) is 0 Å². The Morgan fingerprint density at radius 2 is 1.84 bits per heavy atom. The number of allylic oxidation sites excluding steroid dienone is 1. The van der Waals surface area contributed by atoms with Crippen molar-refractivity contribution < 1.29 is 18.7 Å². The standard InChI is InChI=1S/C25H20BrFN2O3/c1-16-3-5-18(6-4-16)19(14-28)11-17-12-22(26)25(23(13-17)31-2)32-15-24(30)29-21-9-7-20(27)8-10-21/h3-13H,15H2,1-2H3,(H,29,30)/b19-11-. The van der Waals surface area contributed by atoms with Gasteiger partial charge in [0.25, 0.3) is 5.91 Å². The van der Waals surface area contributed by atoms with Crippen LogP contribution in [0.25, 0.3) is 11.6 Å². The normalized spacial score (nSPS) is 10.9. The molecule has 0 atom stereocenters. The van der Waals surface area contributed by atoms with Crippen molar-refractivity contribution in [2.75, 3.05) is 19.0 Å². The van der Waals surface area contributed by atoms with E-state index < -0.39 is 5.91 Å². The van der Waals surface area contributed by atoms with Crippen molar-refractivity contribution in [3.8, 4) is 17.6 Å². The number of nitriles is 1. The van der Waals surface area contributed by atoms with E-state index in [2.05, 4.69) is 27.3 Å². The third kappa shape index (κ3) is 5.96. The molecule has 0 aromatic heterocycles. The van der Waals surface area contributed by atoms with E-state index in [4.69, 9.17) is 9.47 Å². The van der Waals surface area contributed by atoms with Gasteiger partial charge in [-0.3, -0.25) is 4.79 Å². The molecule has 0 heterocycles. The molecular formula is C25H20BrFN2O3. The molecule has 0 aliphatic rings. The van der Waals surface area contributed by atoms with Crippen LogP contribution in [0, 0.1) is 24.1 Å². The molecular weight excluding hydrogens is 475 g/mol. The lowest BCUT2D eigenvalue weighted by atomic mass is 10.0. The molecule has 0 saturated heterocycles. The minimum Gasteiger partial charge on any atom is -0.493 e. The fourth-order valence-electron chi connectivity index (χ4n) is 2.91. The fraction of sp³-hybridized carbons (Fsp3) is 0.120. The lowest BCUT2D eigenvalue weighted by molar-refractivity contribution is -0.118. The first-order valence-corrected chi connectivity index (χ1v) is 10.4. The Balaban J connectivity index is 1.77. The topological polar surface area (TPSA) is 71.3 Å². The van der Waals surface area contributed by atoms with Crippen LogP contribution in [-0.4, -0.2) is 19.6 Å². The fourth-order valence-corrected chi connectivity index (χ4v) is 3.49. The molecule has 0 radical (unpaired) electrons. The molecule has 0 fully saturated rings. The maximum Gasteiger partial charge on any atom is 0.262 e. The molecule has 0 saturated carbocycles. The second kappa shape index (κ2) is 10.6. The van der Waals surface area contributed by atoms with Gasteiger partial charge in [-0.15, -0.1) is 0 Å². The van der Waals surface area contributed by atoms with E-state index >= 15 is 0 Å². The number of methoxy groups -OCH3 is 1. The zero-order valence-electron chi connectivity index (χ0n) is 17.5. The summed E-state index contributed by atoms with van der Waals surface area (Å²) in [7, 11) is 1.49. The first-order chi connectivity index (χ1) is 15.4. The number of nitrogens with one attached hydrogen (secondary N) is 1. The van der Waals surface area contributed by atoms with E-state index in [1.807, 2.05) is 31.2 Å². The summed E-state index contributed by atoms with van der Waals surface area (Å²) >= 11 is 3.45. The van der Waals surface area contributed by atoms with Gasteiger partial charge in [-0.25, -0.2) is 4.39 Å². The van der Waals surface area contributed by atoms with Crippen LogP contribution >= 0.6 is 15.9 Å². The lowest BCUT2D eigenvalue weighted by Crippen LogP contribution is -2.20. The van der Waals surface area contributed by atoms with Crippen LogP contribution in [0.5, 0.6) is 11.5 Å². The first-order valence-electron chi connectivity index (χ1n) is 9.64. The summed E-state index contributed by atoms with van der Waals surface area (Å²) in [5.41, 5.74) is 3.62. The minimum absolute atomic E-state index is 0.270. The molecule has 32 heavy (non-hydrogen) atoms. The van der Waals surface area contributed by atoms with Crippen molar-refractivity contribution in [2.24, 2.45) is 0 Å². The van der Waals surface area contributed by atoms with Gasteiger partial charge in [0.1, 0.15) is 5.82 Å². The molecule has 0 spiro atoms. The monoisotopic (exact) mass is 494 g/mol. The number of hydrogen-bond acceptors (Lipinski definition) is 4. The second-order valence-electron chi connectivity index (χ2n) is 6.91. The lowest BCUT2D eigenvalue weighted by Gasteiger charge is -2.14. The Morgan fingerprint density at radius 1 is 1.16 bits per heavy atom. The molecule has 1 N–H and O–H groups in total. The van der Waals surface area contributed by atoms with Crippen LogP contribution in [0.1, 0.15) is 16.7 Å². The predicted molar refractivity (Wildman–Crippen MR) is 126 cm³/mol. The molecule has 0 bridgehead atoms. The zero-order valence-corrected chi connectivity index (χ0v) is 19.1. The molecule has 3 aromatic rings. The highest BCUT2D eigenvalue weighted by Crippen LogP contribution is 2.37. The molecule has 3 rings (SSSR count). The second-order valence-corrected chi connectivity index (χ2v) is 7.77. The van der Waals surface area contributed by atoms with Gasteiger partial charge in [0.15, 0.2) is 18.1 Å². The first kappa shape index (κ1) is 23.0. The van der Waals surface area contributed by atoms with Gasteiger partial charge in [0, 0.05) is 5.69 Å². The number of hydrogen-bond donors (Lipinski definition) is 1. The summed E-state index contributed by atoms with van der Waals surface area (Å²) in [5, 5.41) is 12.2. The number of aryl methyl sites for hydroxylation is 1. The highest BCUT2D eigenvalue weighted by molar-refractivity contribution is 9.10. The SMILES string of the molecule is COc1cc(/C=C(/C#N)c2ccc(C)cc2)cc(Br)c1OCC(=O)Nc1ccc(F)cc1. The Hall–Kier alpha value is -3.63. The van der Waals surface area contributed by atoms with E-state index in [1.54, 1.807) is 18.2 Å². The number of carbonyl (C=O) groups is 1. The largest absolute Gasteiger partial charge is 0.493 e. The van der Waals surface area contributed by atoms with Crippen molar-refractivity contribution in [1.29, 1.82) is 5.26 Å². The van der Waals surface area contributed by atoms with Crippen LogP contribution < -0.4 is 14.8 Å². The van der Waals surface area contributed by atoms with Gasteiger partial charge in [-0.2, -0.15) is 5.26 Å². The van der Waals surface area contributed by atoms with Gasteiger partial charge in [-0.05, 0) is 76.5 Å². The summed E-state index contributed by atoms with van der Waals surface area (Å²) in [6, 6.07) is 18.9. The number of benzene rings is 3. The molecule has 162 valence electrons. The number of nitrogens with zero attached hydrogens (tertiary/aromatic N) is 1. The molecule has 0 unspecified atom stereocenters. The van der Waals surface area contributed by atoms with Gasteiger partial charge in [0.2, 0.25) is 0 Å². The third-order valence-corrected chi connectivity index (χ3v) is 5.11. The van der Waals surface area contributed by atoms with Gasteiger partial charge >= 0.3 is 0 Å². The molecule has 1 amide bonds. The van der Waals surface area contributed by atoms with Crippen molar-refractivity contribution >= 4 is 39.2 Å². The number of amides is 1. The molecule has 0 aliphatic carbocycles. The quantitative estimate of drug-likeness (QED) is 0.323. The van der Waals surface area contributed by atoms with Crippen molar-refractivity contribution in [2.45, 2.75) is 6.92 Å². The van der Waals surface area contributed by atoms with Crippen LogP contribution in [0.4, 0.5) is 10.1 Å². The average molecular weight is 495 g/mol. The van der Waals surface area contributed by atoms with Gasteiger partial charge < -0.3 is 14.8 Å². The number of halogens is 2. The van der Waals surface area contributed by atoms with Crippen molar-refractivity contribution in [1.82, 2.24) is 0 Å². The van der Waals surface area contributed by atoms with Gasteiger partial charge in [0.05, 0.1) is 23.2 Å². The average Bonchev–Trinajstić information content (AvgIpc) is 2.78. The number of carbonyl (C=O) groups excluding carboxylic acids is 1. The van der Waals surface area contributed by atoms with Crippen LogP contribution in [0.15, 0.2) is 65.1 Å².